The third-order valence-electron chi connectivity index (χ3n) is 4.05. The minimum atomic E-state index is 0.506. The monoisotopic (exact) mass is 234 g/mol. The number of imidazole rings is 1. The molecule has 2 N–H and O–H groups in total. The largest absolute Gasteiger partial charge is 0.347 e. The second-order valence-electron chi connectivity index (χ2n) is 6.26. The van der Waals surface area contributed by atoms with Crippen molar-refractivity contribution in [3.8, 4) is 0 Å². The van der Waals surface area contributed by atoms with Crippen LogP contribution in [0.3, 0.4) is 0 Å². The fraction of sp³-hybridized carbons (Fsp3) is 0.769. The highest BCUT2D eigenvalue weighted by atomic mass is 15.2. The lowest BCUT2D eigenvalue weighted by atomic mass is 9.93. The van der Waals surface area contributed by atoms with Crippen molar-refractivity contribution in [2.24, 2.45) is 5.41 Å². The molecule has 0 radical (unpaired) electrons. The van der Waals surface area contributed by atoms with E-state index in [9.17, 15) is 0 Å². The van der Waals surface area contributed by atoms with E-state index in [2.05, 4.69) is 34.0 Å². The average Bonchev–Trinajstić information content (AvgIpc) is 2.84. The van der Waals surface area contributed by atoms with Crippen molar-refractivity contribution in [2.45, 2.75) is 39.3 Å². The van der Waals surface area contributed by atoms with E-state index < -0.39 is 0 Å². The van der Waals surface area contributed by atoms with Crippen LogP contribution in [0.4, 0.5) is 0 Å². The summed E-state index contributed by atoms with van der Waals surface area (Å²) in [7, 11) is 0. The summed E-state index contributed by atoms with van der Waals surface area (Å²) < 4.78 is 0. The Labute approximate surface area is 103 Å². The summed E-state index contributed by atoms with van der Waals surface area (Å²) in [5, 5.41) is 3.60. The number of likely N-dealkylation sites (tertiary alicyclic amines) is 1. The van der Waals surface area contributed by atoms with E-state index >= 15 is 0 Å². The quantitative estimate of drug-likeness (QED) is 0.807. The Morgan fingerprint density at radius 2 is 2.41 bits per heavy atom. The first-order chi connectivity index (χ1) is 8.12. The highest BCUT2D eigenvalue weighted by Gasteiger charge is 2.31. The molecule has 94 valence electrons. The second-order valence-corrected chi connectivity index (χ2v) is 6.26. The van der Waals surface area contributed by atoms with E-state index in [4.69, 9.17) is 0 Å². The minimum Gasteiger partial charge on any atom is -0.347 e. The van der Waals surface area contributed by atoms with Crippen LogP contribution >= 0.6 is 0 Å². The molecule has 1 aromatic rings. The average molecular weight is 234 g/mol. The number of H-pyrrole nitrogens is 1. The summed E-state index contributed by atoms with van der Waals surface area (Å²) in [5.41, 5.74) is 3.03. The molecule has 1 unspecified atom stereocenters. The molecule has 2 aliphatic heterocycles. The molecule has 1 aromatic heterocycles. The van der Waals surface area contributed by atoms with Gasteiger partial charge in [0.1, 0.15) is 0 Å². The normalized spacial score (nSPS) is 28.2. The lowest BCUT2D eigenvalue weighted by Gasteiger charge is -2.28. The van der Waals surface area contributed by atoms with Crippen LogP contribution in [0.5, 0.6) is 0 Å². The predicted octanol–water partition coefficient (Wildman–Crippen LogP) is 1.16. The summed E-state index contributed by atoms with van der Waals surface area (Å²) in [6.45, 7) is 9.32. The SMILES string of the molecule is CC1(C)CCN(CC2Cc3nc[nH]c3CN2)C1. The van der Waals surface area contributed by atoms with E-state index in [-0.39, 0.29) is 0 Å². The van der Waals surface area contributed by atoms with Crippen LogP contribution in [-0.4, -0.2) is 40.5 Å². The lowest BCUT2D eigenvalue weighted by molar-refractivity contribution is 0.253. The standard InChI is InChI=1S/C13H22N4/c1-13(2)3-4-17(8-13)7-10-5-11-12(6-14-10)16-9-15-11/h9-10,14H,3-8H2,1-2H3,(H,15,16). The van der Waals surface area contributed by atoms with Crippen LogP contribution in [-0.2, 0) is 13.0 Å². The second kappa shape index (κ2) is 4.10. The molecular weight excluding hydrogens is 212 g/mol. The maximum Gasteiger partial charge on any atom is 0.0925 e. The zero-order valence-corrected chi connectivity index (χ0v) is 10.8. The summed E-state index contributed by atoms with van der Waals surface area (Å²) in [6.07, 6.45) is 4.21. The van der Waals surface area contributed by atoms with Gasteiger partial charge in [-0.15, -0.1) is 0 Å². The van der Waals surface area contributed by atoms with E-state index in [0.717, 1.165) is 19.5 Å². The van der Waals surface area contributed by atoms with Crippen molar-refractivity contribution in [3.63, 3.8) is 0 Å². The fourth-order valence-electron chi connectivity index (χ4n) is 3.05. The molecule has 4 heteroatoms. The molecule has 0 saturated carbocycles. The third kappa shape index (κ3) is 2.38. The Balaban J connectivity index is 1.58. The van der Waals surface area contributed by atoms with Crippen molar-refractivity contribution >= 4 is 0 Å². The Bertz CT molecular complexity index is 396. The zero-order chi connectivity index (χ0) is 11.9. The molecular formula is C13H22N4. The van der Waals surface area contributed by atoms with Crippen molar-refractivity contribution < 1.29 is 0 Å². The van der Waals surface area contributed by atoms with Gasteiger partial charge in [0.05, 0.1) is 17.7 Å². The van der Waals surface area contributed by atoms with Gasteiger partial charge >= 0.3 is 0 Å². The topological polar surface area (TPSA) is 44.0 Å². The molecule has 1 fully saturated rings. The van der Waals surface area contributed by atoms with Crippen molar-refractivity contribution in [1.82, 2.24) is 20.2 Å². The number of nitrogens with zero attached hydrogens (tertiary/aromatic N) is 2. The molecule has 0 spiro atoms. The maximum atomic E-state index is 4.40. The smallest absolute Gasteiger partial charge is 0.0925 e. The third-order valence-corrected chi connectivity index (χ3v) is 4.05. The zero-order valence-electron chi connectivity index (χ0n) is 10.8. The van der Waals surface area contributed by atoms with E-state index in [1.54, 1.807) is 0 Å². The van der Waals surface area contributed by atoms with Crippen molar-refractivity contribution in [3.05, 3.63) is 17.7 Å². The molecule has 2 aliphatic rings. The van der Waals surface area contributed by atoms with Gasteiger partial charge in [0, 0.05) is 32.1 Å². The van der Waals surface area contributed by atoms with Gasteiger partial charge in [-0.3, -0.25) is 0 Å². The van der Waals surface area contributed by atoms with Gasteiger partial charge in [-0.2, -0.15) is 0 Å². The van der Waals surface area contributed by atoms with Gasteiger partial charge < -0.3 is 15.2 Å². The fourth-order valence-corrected chi connectivity index (χ4v) is 3.05. The van der Waals surface area contributed by atoms with Gasteiger partial charge in [-0.05, 0) is 18.4 Å². The molecule has 1 atom stereocenters. The molecule has 0 aliphatic carbocycles. The van der Waals surface area contributed by atoms with E-state index in [1.165, 1.54) is 30.9 Å². The Hall–Kier alpha value is -0.870. The van der Waals surface area contributed by atoms with Gasteiger partial charge in [-0.25, -0.2) is 4.98 Å². The van der Waals surface area contributed by atoms with Crippen LogP contribution in [0, 0.1) is 5.41 Å². The van der Waals surface area contributed by atoms with Crippen LogP contribution in [0.2, 0.25) is 0 Å². The van der Waals surface area contributed by atoms with Gasteiger partial charge in [0.15, 0.2) is 0 Å². The number of hydrogen-bond donors (Lipinski definition) is 2. The van der Waals surface area contributed by atoms with Crippen LogP contribution < -0.4 is 5.32 Å². The summed E-state index contributed by atoms with van der Waals surface area (Å²) in [5.74, 6) is 0. The first-order valence-corrected chi connectivity index (χ1v) is 6.59. The lowest BCUT2D eigenvalue weighted by Crippen LogP contribution is -2.44. The minimum absolute atomic E-state index is 0.506. The van der Waals surface area contributed by atoms with Crippen molar-refractivity contribution in [1.29, 1.82) is 0 Å². The maximum absolute atomic E-state index is 4.40. The number of fused-ring (bicyclic) bond motifs is 1. The molecule has 17 heavy (non-hydrogen) atoms. The number of nitrogens with one attached hydrogen (secondary N) is 2. The summed E-state index contributed by atoms with van der Waals surface area (Å²) >= 11 is 0. The molecule has 3 rings (SSSR count). The molecule has 1 saturated heterocycles. The van der Waals surface area contributed by atoms with Gasteiger partial charge in [0.25, 0.3) is 0 Å². The van der Waals surface area contributed by atoms with Gasteiger partial charge in [-0.1, -0.05) is 13.8 Å². The number of hydrogen-bond acceptors (Lipinski definition) is 3. The Morgan fingerprint density at radius 3 is 3.18 bits per heavy atom. The van der Waals surface area contributed by atoms with Crippen LogP contribution in [0.1, 0.15) is 31.7 Å². The molecule has 0 amide bonds. The first kappa shape index (κ1) is 11.2. The number of rotatable bonds is 2. The van der Waals surface area contributed by atoms with E-state index in [1.807, 2.05) is 6.33 Å². The van der Waals surface area contributed by atoms with E-state index in [0.29, 0.717) is 11.5 Å². The van der Waals surface area contributed by atoms with Crippen LogP contribution in [0.15, 0.2) is 6.33 Å². The molecule has 0 aromatic carbocycles. The highest BCUT2D eigenvalue weighted by molar-refractivity contribution is 5.16. The van der Waals surface area contributed by atoms with Crippen LogP contribution in [0.25, 0.3) is 0 Å². The molecule has 3 heterocycles. The van der Waals surface area contributed by atoms with Crippen molar-refractivity contribution in [2.75, 3.05) is 19.6 Å². The predicted molar refractivity (Wildman–Crippen MR) is 67.8 cm³/mol. The highest BCUT2D eigenvalue weighted by Crippen LogP contribution is 2.29. The molecule has 0 bridgehead atoms. The number of aromatic amines is 1. The number of aromatic nitrogens is 2. The summed E-state index contributed by atoms with van der Waals surface area (Å²) in [4.78, 5) is 10.2. The Kier molecular flexibility index (Phi) is 2.71. The summed E-state index contributed by atoms with van der Waals surface area (Å²) in [6, 6.07) is 0.569. The molecule has 4 nitrogen and oxygen atoms in total. The Morgan fingerprint density at radius 1 is 1.53 bits per heavy atom. The first-order valence-electron chi connectivity index (χ1n) is 6.59. The van der Waals surface area contributed by atoms with Gasteiger partial charge in [0.2, 0.25) is 0 Å².